The zero-order valence-electron chi connectivity index (χ0n) is 62.2. The van der Waals surface area contributed by atoms with Crippen molar-refractivity contribution in [2.75, 3.05) is 0 Å². The molecule has 6 heterocycles. The highest BCUT2D eigenvalue weighted by molar-refractivity contribution is 6.12. The van der Waals surface area contributed by atoms with Gasteiger partial charge >= 0.3 is 0 Å². The number of benzene rings is 15. The van der Waals surface area contributed by atoms with Crippen LogP contribution < -0.4 is 0 Å². The number of rotatable bonds is 16. The summed E-state index contributed by atoms with van der Waals surface area (Å²) in [6.45, 7) is 0. The predicted molar refractivity (Wildman–Crippen MR) is 465 cm³/mol. The van der Waals surface area contributed by atoms with Gasteiger partial charge in [0.15, 0.2) is 69.9 Å². The average molecular weight is 1490 g/mol. The lowest BCUT2D eigenvalue weighted by Gasteiger charge is -2.18. The van der Waals surface area contributed by atoms with E-state index in [2.05, 4.69) is 155 Å². The highest BCUT2D eigenvalue weighted by Crippen LogP contribution is 2.44. The summed E-state index contributed by atoms with van der Waals surface area (Å²) in [5.41, 5.74) is 19.9. The number of hydrogen-bond donors (Lipinski definition) is 0. The van der Waals surface area contributed by atoms with E-state index in [1.807, 2.05) is 243 Å². The maximum absolute atomic E-state index is 5.41. The van der Waals surface area contributed by atoms with E-state index in [9.17, 15) is 0 Å². The SMILES string of the molecule is c1ccc(-c2nc(-c3ccccc3)nc(-c3ccc4c(c3)c3ccccc3n4-c3cc(-c4cccc(-c5ccc(-c6nc(-c7ccccc7)nc(-c7ccccc7)n6)c(-n6c7ccccc7c7cc(-c8nc(-c9ccccc9)nc(-c9ccccc9)n8)ccc76)c5)c4)ccc3-c3nc(-c4ccccc4)nc(-c4ccccc4)n3)n2)cc1. The molecule has 0 fully saturated rings. The summed E-state index contributed by atoms with van der Waals surface area (Å²) in [7, 11) is 0. The second kappa shape index (κ2) is 29.3. The van der Waals surface area contributed by atoms with Crippen LogP contribution in [0.1, 0.15) is 0 Å². The van der Waals surface area contributed by atoms with Crippen LogP contribution in [0.5, 0.6) is 0 Å². The fourth-order valence-corrected chi connectivity index (χ4v) is 15.5. The fraction of sp³-hybridized carbons (Fsp3) is 0. The molecule has 6 aromatic heterocycles. The summed E-state index contributed by atoms with van der Waals surface area (Å²) in [4.78, 5) is 62.8. The first-order valence-electron chi connectivity index (χ1n) is 38.4. The second-order valence-electron chi connectivity index (χ2n) is 28.4. The molecule has 0 spiro atoms. The van der Waals surface area contributed by atoms with Gasteiger partial charge in [0.05, 0.1) is 33.4 Å². The van der Waals surface area contributed by atoms with E-state index in [0.717, 1.165) is 144 Å². The molecule has 0 aliphatic heterocycles. The molecular weight excluding hydrogens is 1420 g/mol. The van der Waals surface area contributed by atoms with Crippen molar-refractivity contribution in [2.24, 2.45) is 0 Å². The highest BCUT2D eigenvalue weighted by atomic mass is 15.1. The van der Waals surface area contributed by atoms with Crippen LogP contribution in [-0.2, 0) is 0 Å². The van der Waals surface area contributed by atoms with Crippen LogP contribution in [-0.4, -0.2) is 68.9 Å². The Morgan fingerprint density at radius 2 is 0.336 bits per heavy atom. The Hall–Kier alpha value is -16.1. The van der Waals surface area contributed by atoms with Crippen molar-refractivity contribution < 1.29 is 0 Å². The number of aromatic nitrogens is 14. The number of hydrogen-bond acceptors (Lipinski definition) is 12. The monoisotopic (exact) mass is 1480 g/mol. The zero-order chi connectivity index (χ0) is 76.8. The summed E-state index contributed by atoms with van der Waals surface area (Å²) >= 11 is 0. The molecule has 542 valence electrons. The molecule has 116 heavy (non-hydrogen) atoms. The largest absolute Gasteiger partial charge is 0.308 e. The van der Waals surface area contributed by atoms with Crippen LogP contribution in [0.25, 0.3) is 214 Å². The molecule has 21 aromatic rings. The van der Waals surface area contributed by atoms with Crippen molar-refractivity contribution in [2.45, 2.75) is 0 Å². The van der Waals surface area contributed by atoms with Gasteiger partial charge in [-0.1, -0.05) is 309 Å². The van der Waals surface area contributed by atoms with Gasteiger partial charge in [0.2, 0.25) is 0 Å². The van der Waals surface area contributed by atoms with Crippen molar-refractivity contribution in [3.8, 4) is 170 Å². The lowest BCUT2D eigenvalue weighted by Crippen LogP contribution is -2.04. The predicted octanol–water partition coefficient (Wildman–Crippen LogP) is 24.0. The Morgan fingerprint density at radius 1 is 0.129 bits per heavy atom. The topological polar surface area (TPSA) is 165 Å². The van der Waals surface area contributed by atoms with Gasteiger partial charge in [0, 0.05) is 88.3 Å². The third-order valence-corrected chi connectivity index (χ3v) is 21.1. The first-order valence-corrected chi connectivity index (χ1v) is 38.4. The minimum Gasteiger partial charge on any atom is -0.308 e. The molecule has 14 nitrogen and oxygen atoms in total. The highest BCUT2D eigenvalue weighted by Gasteiger charge is 2.26. The Morgan fingerprint density at radius 3 is 0.612 bits per heavy atom. The van der Waals surface area contributed by atoms with Crippen molar-refractivity contribution in [1.82, 2.24) is 68.9 Å². The molecule has 0 aliphatic carbocycles. The molecule has 0 radical (unpaired) electrons. The molecule has 0 amide bonds. The third kappa shape index (κ3) is 12.8. The van der Waals surface area contributed by atoms with E-state index < -0.39 is 0 Å². The summed E-state index contributed by atoms with van der Waals surface area (Å²) < 4.78 is 4.70. The molecule has 0 aliphatic rings. The average Bonchev–Trinajstić information content (AvgIpc) is 1.57. The molecule has 0 bridgehead atoms. The number of nitrogens with zero attached hydrogens (tertiary/aromatic N) is 14. The Bertz CT molecular complexity index is 6630. The van der Waals surface area contributed by atoms with E-state index in [1.165, 1.54) is 0 Å². The van der Waals surface area contributed by atoms with E-state index in [-0.39, 0.29) is 0 Å². The summed E-state index contributed by atoms with van der Waals surface area (Å²) in [6, 6.07) is 133. The van der Waals surface area contributed by atoms with Crippen molar-refractivity contribution in [1.29, 1.82) is 0 Å². The van der Waals surface area contributed by atoms with Gasteiger partial charge in [-0.2, -0.15) is 0 Å². The fourth-order valence-electron chi connectivity index (χ4n) is 15.5. The maximum atomic E-state index is 5.41. The molecule has 0 atom stereocenters. The minimum absolute atomic E-state index is 0.515. The van der Waals surface area contributed by atoms with Crippen LogP contribution in [0.15, 0.2) is 388 Å². The van der Waals surface area contributed by atoms with E-state index in [4.69, 9.17) is 59.8 Å². The van der Waals surface area contributed by atoms with Gasteiger partial charge in [-0.05, 0) is 101 Å². The van der Waals surface area contributed by atoms with Gasteiger partial charge in [-0.25, -0.2) is 59.8 Å². The van der Waals surface area contributed by atoms with Crippen LogP contribution >= 0.6 is 0 Å². The maximum Gasteiger partial charge on any atom is 0.166 e. The lowest BCUT2D eigenvalue weighted by molar-refractivity contribution is 1.06. The lowest BCUT2D eigenvalue weighted by atomic mass is 9.96. The molecule has 14 heteroatoms. The normalized spacial score (nSPS) is 11.4. The molecule has 0 N–H and O–H groups in total. The zero-order valence-corrected chi connectivity index (χ0v) is 62.2. The van der Waals surface area contributed by atoms with Crippen LogP contribution in [0.4, 0.5) is 0 Å². The summed E-state index contributed by atoms with van der Waals surface area (Å²) in [5.74, 6) is 6.72. The standard InChI is InChI=1S/C102H64N14/c1-9-30-65(31-10-1)91-103-92(66-32-11-2-12-33-66)108-99(107-91)77-54-58-87-83(61-77)79-48-25-27-50-85(79)115(87)89-63-75(52-56-81(89)101-111-95(69-38-17-5-18-39-69)105-96(112-101)70-40-19-6-20-41-70)73-46-29-47-74(60-73)76-53-57-82(102-113-97(71-42-21-7-22-43-71)106-98(114-102)72-44-23-8-24-45-72)90(64-76)116-86-51-28-26-49-80(86)84-62-78(55-59-88(84)116)100-109-93(67-34-13-3-14-35-67)104-94(110-100)68-36-15-4-16-37-68/h1-64H. The van der Waals surface area contributed by atoms with Gasteiger partial charge in [-0.3, -0.25) is 0 Å². The molecule has 21 rings (SSSR count). The quantitative estimate of drug-likeness (QED) is 0.0900. The van der Waals surface area contributed by atoms with Crippen LogP contribution in [0, 0.1) is 0 Å². The molecular formula is C102H64N14. The first kappa shape index (κ1) is 68.0. The second-order valence-corrected chi connectivity index (χ2v) is 28.4. The van der Waals surface area contributed by atoms with Crippen LogP contribution in [0.3, 0.4) is 0 Å². The molecule has 15 aromatic carbocycles. The Labute approximate surface area is 667 Å². The van der Waals surface area contributed by atoms with Crippen molar-refractivity contribution in [3.63, 3.8) is 0 Å². The van der Waals surface area contributed by atoms with Gasteiger partial charge in [0.25, 0.3) is 0 Å². The van der Waals surface area contributed by atoms with Crippen LogP contribution in [0.2, 0.25) is 0 Å². The Kier molecular flexibility index (Phi) is 17.2. The first-order chi connectivity index (χ1) is 57.5. The summed E-state index contributed by atoms with van der Waals surface area (Å²) in [5, 5.41) is 4.10. The number of para-hydroxylation sites is 2. The smallest absolute Gasteiger partial charge is 0.166 e. The molecule has 0 unspecified atom stereocenters. The van der Waals surface area contributed by atoms with Crippen molar-refractivity contribution >= 4 is 43.6 Å². The van der Waals surface area contributed by atoms with E-state index in [0.29, 0.717) is 69.9 Å². The van der Waals surface area contributed by atoms with E-state index >= 15 is 0 Å². The summed E-state index contributed by atoms with van der Waals surface area (Å²) in [6.07, 6.45) is 0. The molecule has 0 saturated carbocycles. The third-order valence-electron chi connectivity index (χ3n) is 21.1. The van der Waals surface area contributed by atoms with Crippen molar-refractivity contribution in [3.05, 3.63) is 388 Å². The van der Waals surface area contributed by atoms with Gasteiger partial charge < -0.3 is 9.13 Å². The van der Waals surface area contributed by atoms with E-state index in [1.54, 1.807) is 0 Å². The minimum atomic E-state index is 0.515. The van der Waals surface area contributed by atoms with Gasteiger partial charge in [-0.15, -0.1) is 0 Å². The Balaban J connectivity index is 0.757. The van der Waals surface area contributed by atoms with Gasteiger partial charge in [0.1, 0.15) is 0 Å². The molecule has 0 saturated heterocycles. The number of fused-ring (bicyclic) bond motifs is 6.